The van der Waals surface area contributed by atoms with E-state index in [1.807, 2.05) is 112 Å². The van der Waals surface area contributed by atoms with Crippen molar-refractivity contribution in [1.29, 1.82) is 0 Å². The van der Waals surface area contributed by atoms with Gasteiger partial charge in [0.05, 0.1) is 17.1 Å². The number of anilines is 1. The first-order chi connectivity index (χ1) is 16.8. The van der Waals surface area contributed by atoms with E-state index in [4.69, 9.17) is 4.98 Å². The molecule has 1 aromatic heterocycles. The molecule has 0 spiro atoms. The summed E-state index contributed by atoms with van der Waals surface area (Å²) in [7, 11) is 0. The summed E-state index contributed by atoms with van der Waals surface area (Å²) in [4.78, 5) is 33.3. The lowest BCUT2D eigenvalue weighted by Gasteiger charge is -2.28. The van der Waals surface area contributed by atoms with Crippen LogP contribution in [0.4, 0.5) is 5.69 Å². The lowest BCUT2D eigenvalue weighted by molar-refractivity contribution is -0.119. The van der Waals surface area contributed by atoms with Gasteiger partial charge in [-0.15, -0.1) is 0 Å². The predicted octanol–water partition coefficient (Wildman–Crippen LogP) is 5.59. The minimum Gasteiger partial charge on any atom is -0.342 e. The molecule has 35 heavy (non-hydrogen) atoms. The lowest BCUT2D eigenvalue weighted by Crippen LogP contribution is -2.40. The Morgan fingerprint density at radius 3 is 2.31 bits per heavy atom. The second-order valence-corrected chi connectivity index (χ2v) is 9.25. The second kappa shape index (κ2) is 10.1. The highest BCUT2D eigenvalue weighted by Gasteiger charge is 2.24. The number of benzene rings is 3. The first kappa shape index (κ1) is 24.2. The van der Waals surface area contributed by atoms with E-state index in [1.165, 1.54) is 0 Å². The minimum atomic E-state index is -0.396. The number of carbonyl (C=O) groups is 2. The number of rotatable bonds is 7. The van der Waals surface area contributed by atoms with Crippen LogP contribution in [0.3, 0.4) is 0 Å². The van der Waals surface area contributed by atoms with Crippen LogP contribution >= 0.6 is 0 Å². The van der Waals surface area contributed by atoms with E-state index in [0.29, 0.717) is 11.4 Å². The van der Waals surface area contributed by atoms with Crippen LogP contribution in [0.5, 0.6) is 0 Å². The summed E-state index contributed by atoms with van der Waals surface area (Å²) in [6.45, 7) is 9.97. The number of aromatic nitrogens is 2. The summed E-state index contributed by atoms with van der Waals surface area (Å²) in [5.74, 6) is 0.450. The number of nitrogens with zero attached hydrogens (tertiary/aromatic N) is 3. The van der Waals surface area contributed by atoms with Crippen LogP contribution in [0, 0.1) is 13.8 Å². The molecule has 0 fully saturated rings. The van der Waals surface area contributed by atoms with Crippen LogP contribution in [-0.4, -0.2) is 27.4 Å². The van der Waals surface area contributed by atoms with E-state index in [-0.39, 0.29) is 24.4 Å². The third-order valence-corrected chi connectivity index (χ3v) is 6.16. The zero-order chi connectivity index (χ0) is 25.1. The third-order valence-electron chi connectivity index (χ3n) is 6.16. The smallest absolute Gasteiger partial charge is 0.252 e. The number of hydrogen-bond donors (Lipinski definition) is 1. The van der Waals surface area contributed by atoms with Crippen LogP contribution in [0.15, 0.2) is 72.8 Å². The predicted molar refractivity (Wildman–Crippen MR) is 141 cm³/mol. The van der Waals surface area contributed by atoms with Gasteiger partial charge in [-0.2, -0.15) is 0 Å². The number of fused-ring (bicyclic) bond motifs is 1. The standard InChI is InChI=1S/C29H32N4O2/c1-19(2)33(23-11-7-6-8-12-23)27(34)18-32-26-14-10-9-13-25(26)31-28(32)22(5)30-29(35)24-16-15-20(3)17-21(24)4/h6-17,19,22H,18H2,1-5H3,(H,30,35). The van der Waals surface area contributed by atoms with Crippen molar-refractivity contribution in [2.24, 2.45) is 0 Å². The molecular formula is C29H32N4O2. The van der Waals surface area contributed by atoms with Gasteiger partial charge >= 0.3 is 0 Å². The Morgan fingerprint density at radius 2 is 1.63 bits per heavy atom. The molecule has 4 aromatic rings. The molecule has 1 N–H and O–H groups in total. The van der Waals surface area contributed by atoms with Gasteiger partial charge in [0.1, 0.15) is 12.4 Å². The quantitative estimate of drug-likeness (QED) is 0.385. The van der Waals surface area contributed by atoms with Crippen molar-refractivity contribution < 1.29 is 9.59 Å². The molecule has 0 saturated carbocycles. The number of para-hydroxylation sites is 3. The molecule has 1 atom stereocenters. The van der Waals surface area contributed by atoms with E-state index in [1.54, 1.807) is 4.90 Å². The molecule has 0 aliphatic carbocycles. The molecule has 2 amide bonds. The van der Waals surface area contributed by atoms with Gasteiger partial charge in [0.15, 0.2) is 0 Å². The molecule has 0 aliphatic rings. The summed E-state index contributed by atoms with van der Waals surface area (Å²) in [6, 6.07) is 22.8. The number of amides is 2. The lowest BCUT2D eigenvalue weighted by atomic mass is 10.0. The van der Waals surface area contributed by atoms with Crippen LogP contribution in [0.1, 0.15) is 54.1 Å². The molecule has 3 aromatic carbocycles. The average Bonchev–Trinajstić information content (AvgIpc) is 3.18. The Bertz CT molecular complexity index is 1360. The molecule has 0 aliphatic heterocycles. The van der Waals surface area contributed by atoms with E-state index in [0.717, 1.165) is 27.8 Å². The zero-order valence-corrected chi connectivity index (χ0v) is 20.9. The summed E-state index contributed by atoms with van der Waals surface area (Å²) in [5.41, 5.74) is 5.18. The third kappa shape index (κ3) is 5.11. The maximum atomic E-state index is 13.6. The van der Waals surface area contributed by atoms with Gasteiger partial charge in [-0.3, -0.25) is 9.59 Å². The molecule has 4 rings (SSSR count). The van der Waals surface area contributed by atoms with Gasteiger partial charge < -0.3 is 14.8 Å². The van der Waals surface area contributed by atoms with Gasteiger partial charge in [-0.25, -0.2) is 4.98 Å². The Labute approximate surface area is 206 Å². The second-order valence-electron chi connectivity index (χ2n) is 9.25. The van der Waals surface area contributed by atoms with Gasteiger partial charge in [0, 0.05) is 17.3 Å². The Morgan fingerprint density at radius 1 is 0.943 bits per heavy atom. The maximum absolute atomic E-state index is 13.6. The number of hydrogen-bond acceptors (Lipinski definition) is 3. The van der Waals surface area contributed by atoms with Crippen LogP contribution in [0.25, 0.3) is 11.0 Å². The van der Waals surface area contributed by atoms with Gasteiger partial charge in [0.2, 0.25) is 5.91 Å². The largest absolute Gasteiger partial charge is 0.342 e. The molecule has 1 unspecified atom stereocenters. The SMILES string of the molecule is Cc1ccc(C(=O)NC(C)c2nc3ccccc3n2CC(=O)N(c2ccccc2)C(C)C)c(C)c1. The maximum Gasteiger partial charge on any atom is 0.252 e. The van der Waals surface area contributed by atoms with Gasteiger partial charge in [0.25, 0.3) is 5.91 Å². The monoisotopic (exact) mass is 468 g/mol. The van der Waals surface area contributed by atoms with Crippen molar-refractivity contribution >= 4 is 28.5 Å². The Hall–Kier alpha value is -3.93. The Balaban J connectivity index is 1.66. The first-order valence-electron chi connectivity index (χ1n) is 12.0. The number of aryl methyl sites for hydroxylation is 2. The summed E-state index contributed by atoms with van der Waals surface area (Å²) in [5, 5.41) is 3.08. The molecule has 6 heteroatoms. The van der Waals surface area contributed by atoms with E-state index < -0.39 is 6.04 Å². The number of nitrogens with one attached hydrogen (secondary N) is 1. The van der Waals surface area contributed by atoms with Crippen molar-refractivity contribution in [2.45, 2.75) is 53.2 Å². The van der Waals surface area contributed by atoms with Gasteiger partial charge in [-0.1, -0.05) is 48.0 Å². The summed E-state index contributed by atoms with van der Waals surface area (Å²) >= 11 is 0. The fourth-order valence-corrected chi connectivity index (χ4v) is 4.53. The molecule has 0 bridgehead atoms. The molecule has 0 saturated heterocycles. The normalized spacial score (nSPS) is 12.1. The van der Waals surface area contributed by atoms with E-state index in [2.05, 4.69) is 5.32 Å². The molecular weight excluding hydrogens is 436 g/mol. The molecule has 180 valence electrons. The summed E-state index contributed by atoms with van der Waals surface area (Å²) < 4.78 is 1.92. The topological polar surface area (TPSA) is 67.2 Å². The highest BCUT2D eigenvalue weighted by molar-refractivity contribution is 5.96. The van der Waals surface area contributed by atoms with E-state index >= 15 is 0 Å². The fourth-order valence-electron chi connectivity index (χ4n) is 4.53. The Kier molecular flexibility index (Phi) is 7.01. The van der Waals surface area contributed by atoms with Crippen LogP contribution in [0.2, 0.25) is 0 Å². The fraction of sp³-hybridized carbons (Fsp3) is 0.276. The zero-order valence-electron chi connectivity index (χ0n) is 20.9. The van der Waals surface area contributed by atoms with Crippen LogP contribution < -0.4 is 10.2 Å². The van der Waals surface area contributed by atoms with E-state index in [9.17, 15) is 9.59 Å². The average molecular weight is 469 g/mol. The summed E-state index contributed by atoms with van der Waals surface area (Å²) in [6.07, 6.45) is 0. The van der Waals surface area contributed by atoms with Crippen molar-refractivity contribution in [2.75, 3.05) is 4.90 Å². The van der Waals surface area contributed by atoms with Crippen LogP contribution in [-0.2, 0) is 11.3 Å². The molecule has 1 heterocycles. The van der Waals surface area contributed by atoms with Crippen molar-refractivity contribution in [3.63, 3.8) is 0 Å². The van der Waals surface area contributed by atoms with Crippen molar-refractivity contribution in [1.82, 2.24) is 14.9 Å². The first-order valence-corrected chi connectivity index (χ1v) is 12.0. The molecule has 0 radical (unpaired) electrons. The highest BCUT2D eigenvalue weighted by atomic mass is 16.2. The number of imidazole rings is 1. The minimum absolute atomic E-state index is 0.00947. The number of carbonyl (C=O) groups excluding carboxylic acids is 2. The van der Waals surface area contributed by atoms with Crippen molar-refractivity contribution in [3.05, 3.63) is 95.3 Å². The highest BCUT2D eigenvalue weighted by Crippen LogP contribution is 2.24. The molecule has 6 nitrogen and oxygen atoms in total. The van der Waals surface area contributed by atoms with Crippen molar-refractivity contribution in [3.8, 4) is 0 Å². The van der Waals surface area contributed by atoms with Gasteiger partial charge in [-0.05, 0) is 70.5 Å².